The molecule has 0 aliphatic rings. The van der Waals surface area contributed by atoms with E-state index < -0.39 is 0 Å². The molecule has 94 valence electrons. The Kier molecular flexibility index (Phi) is 3.47. The van der Waals surface area contributed by atoms with E-state index in [1.807, 2.05) is 0 Å². The van der Waals surface area contributed by atoms with E-state index in [0.29, 0.717) is 22.8 Å². The van der Waals surface area contributed by atoms with Crippen molar-refractivity contribution in [1.29, 1.82) is 0 Å². The van der Waals surface area contributed by atoms with Crippen LogP contribution in [0, 0.1) is 0 Å². The number of nitrogens with zero attached hydrogens (tertiary/aromatic N) is 1. The Morgan fingerprint density at radius 3 is 2.94 bits per heavy atom. The highest BCUT2D eigenvalue weighted by Gasteiger charge is 2.09. The molecule has 2 rings (SSSR count). The number of methoxy groups -OCH3 is 1. The van der Waals surface area contributed by atoms with Crippen LogP contribution in [0.1, 0.15) is 16.1 Å². The Morgan fingerprint density at radius 2 is 2.33 bits per heavy atom. The number of rotatable bonds is 4. The summed E-state index contributed by atoms with van der Waals surface area (Å²) in [4.78, 5) is 11.8. The molecule has 0 saturated heterocycles. The first kappa shape index (κ1) is 12.0. The number of nitrogen functional groups attached to an aromatic ring is 1. The Labute approximate surface area is 104 Å². The van der Waals surface area contributed by atoms with Gasteiger partial charge in [0.1, 0.15) is 5.75 Å². The molecule has 1 heterocycles. The maximum absolute atomic E-state index is 11.8. The number of hydrogen-bond donors (Lipinski definition) is 2. The zero-order chi connectivity index (χ0) is 13.0. The molecular formula is C12H13N3O3. The first-order valence-electron chi connectivity index (χ1n) is 5.32. The summed E-state index contributed by atoms with van der Waals surface area (Å²) in [5.41, 5.74) is 6.61. The van der Waals surface area contributed by atoms with Gasteiger partial charge in [0.05, 0.1) is 25.5 Å². The number of carbonyl (C=O) groups is 1. The fourth-order valence-corrected chi connectivity index (χ4v) is 1.48. The molecule has 18 heavy (non-hydrogen) atoms. The van der Waals surface area contributed by atoms with Crippen molar-refractivity contribution in [2.24, 2.45) is 0 Å². The van der Waals surface area contributed by atoms with Gasteiger partial charge in [0.15, 0.2) is 5.76 Å². The summed E-state index contributed by atoms with van der Waals surface area (Å²) in [6.45, 7) is 0.283. The Hall–Kier alpha value is -2.50. The number of ether oxygens (including phenoxy) is 1. The topological polar surface area (TPSA) is 90.4 Å². The summed E-state index contributed by atoms with van der Waals surface area (Å²) in [6.07, 6.45) is 1.52. The second-order valence-corrected chi connectivity index (χ2v) is 3.62. The van der Waals surface area contributed by atoms with E-state index >= 15 is 0 Å². The van der Waals surface area contributed by atoms with Gasteiger partial charge in [-0.2, -0.15) is 0 Å². The highest BCUT2D eigenvalue weighted by molar-refractivity contribution is 5.95. The molecule has 6 nitrogen and oxygen atoms in total. The van der Waals surface area contributed by atoms with Crippen molar-refractivity contribution in [3.8, 4) is 5.75 Å². The fourth-order valence-electron chi connectivity index (χ4n) is 1.48. The van der Waals surface area contributed by atoms with Crippen molar-refractivity contribution < 1.29 is 14.1 Å². The molecule has 1 aromatic heterocycles. The van der Waals surface area contributed by atoms with Crippen molar-refractivity contribution >= 4 is 11.6 Å². The lowest BCUT2D eigenvalue weighted by Crippen LogP contribution is -2.22. The van der Waals surface area contributed by atoms with Crippen molar-refractivity contribution in [2.45, 2.75) is 6.54 Å². The monoisotopic (exact) mass is 247 g/mol. The van der Waals surface area contributed by atoms with Gasteiger partial charge in [0, 0.05) is 11.6 Å². The summed E-state index contributed by atoms with van der Waals surface area (Å²) < 4.78 is 9.89. The van der Waals surface area contributed by atoms with Crippen LogP contribution in [0.3, 0.4) is 0 Å². The van der Waals surface area contributed by atoms with Crippen LogP contribution in [0.2, 0.25) is 0 Å². The summed E-state index contributed by atoms with van der Waals surface area (Å²) in [6, 6.07) is 6.54. The lowest BCUT2D eigenvalue weighted by Gasteiger charge is -2.07. The third-order valence-electron chi connectivity index (χ3n) is 2.41. The van der Waals surface area contributed by atoms with E-state index in [2.05, 4.69) is 10.5 Å². The van der Waals surface area contributed by atoms with Gasteiger partial charge in [-0.15, -0.1) is 0 Å². The Morgan fingerprint density at radius 1 is 1.50 bits per heavy atom. The fraction of sp³-hybridized carbons (Fsp3) is 0.167. The maximum atomic E-state index is 11.8. The van der Waals surface area contributed by atoms with Gasteiger partial charge in [-0.3, -0.25) is 4.79 Å². The number of amides is 1. The molecule has 3 N–H and O–H groups in total. The second-order valence-electron chi connectivity index (χ2n) is 3.62. The molecule has 0 spiro atoms. The number of nitrogens with two attached hydrogens (primary N) is 1. The number of nitrogens with one attached hydrogen (secondary N) is 1. The summed E-state index contributed by atoms with van der Waals surface area (Å²) in [5, 5.41) is 6.24. The van der Waals surface area contributed by atoms with Crippen LogP contribution in [0.25, 0.3) is 0 Å². The Bertz CT molecular complexity index is 538. The third kappa shape index (κ3) is 2.60. The summed E-state index contributed by atoms with van der Waals surface area (Å²) in [7, 11) is 1.52. The lowest BCUT2D eigenvalue weighted by molar-refractivity contribution is 0.0947. The minimum Gasteiger partial charge on any atom is -0.495 e. The maximum Gasteiger partial charge on any atom is 0.251 e. The first-order valence-corrected chi connectivity index (χ1v) is 5.32. The van der Waals surface area contributed by atoms with E-state index in [4.69, 9.17) is 15.0 Å². The van der Waals surface area contributed by atoms with E-state index in [-0.39, 0.29) is 12.5 Å². The molecule has 0 atom stereocenters. The van der Waals surface area contributed by atoms with Gasteiger partial charge in [-0.25, -0.2) is 0 Å². The van der Waals surface area contributed by atoms with Gasteiger partial charge in [-0.05, 0) is 18.2 Å². The standard InChI is InChI=1S/C12H13N3O3/c1-17-11-3-2-8(6-10(11)13)12(16)14-7-9-4-5-15-18-9/h2-6H,7,13H2,1H3,(H,14,16). The molecule has 2 aromatic rings. The third-order valence-corrected chi connectivity index (χ3v) is 2.41. The molecule has 0 aliphatic heterocycles. The van der Waals surface area contributed by atoms with E-state index in [9.17, 15) is 4.79 Å². The predicted octanol–water partition coefficient (Wildman–Crippen LogP) is 1.20. The van der Waals surface area contributed by atoms with Gasteiger partial charge in [0.25, 0.3) is 5.91 Å². The zero-order valence-electron chi connectivity index (χ0n) is 9.84. The summed E-state index contributed by atoms with van der Waals surface area (Å²) in [5.74, 6) is 0.896. The van der Waals surface area contributed by atoms with Crippen LogP contribution >= 0.6 is 0 Å². The van der Waals surface area contributed by atoms with Crippen LogP contribution in [0.15, 0.2) is 35.0 Å². The van der Waals surface area contributed by atoms with E-state index in [0.717, 1.165) is 0 Å². The molecule has 0 radical (unpaired) electrons. The molecular weight excluding hydrogens is 234 g/mol. The number of anilines is 1. The van der Waals surface area contributed by atoms with E-state index in [1.165, 1.54) is 13.3 Å². The van der Waals surface area contributed by atoms with Crippen molar-refractivity contribution in [1.82, 2.24) is 10.5 Å². The SMILES string of the molecule is COc1ccc(C(=O)NCc2ccno2)cc1N. The molecule has 1 aromatic carbocycles. The van der Waals surface area contributed by atoms with Gasteiger partial charge < -0.3 is 20.3 Å². The van der Waals surface area contributed by atoms with Crippen LogP contribution < -0.4 is 15.8 Å². The highest BCUT2D eigenvalue weighted by Crippen LogP contribution is 2.21. The molecule has 0 saturated carbocycles. The van der Waals surface area contributed by atoms with Crippen molar-refractivity contribution in [3.63, 3.8) is 0 Å². The average Bonchev–Trinajstić information content (AvgIpc) is 2.89. The number of aromatic nitrogens is 1. The van der Waals surface area contributed by atoms with Crippen LogP contribution in [-0.4, -0.2) is 18.2 Å². The van der Waals surface area contributed by atoms with Crippen LogP contribution in [0.5, 0.6) is 5.75 Å². The average molecular weight is 247 g/mol. The highest BCUT2D eigenvalue weighted by atomic mass is 16.5. The minimum atomic E-state index is -0.235. The molecule has 0 bridgehead atoms. The molecule has 0 fully saturated rings. The normalized spacial score (nSPS) is 10.1. The van der Waals surface area contributed by atoms with Gasteiger partial charge >= 0.3 is 0 Å². The molecule has 0 unspecified atom stereocenters. The van der Waals surface area contributed by atoms with Gasteiger partial charge in [-0.1, -0.05) is 5.16 Å². The Balaban J connectivity index is 2.02. The van der Waals surface area contributed by atoms with Crippen LogP contribution in [-0.2, 0) is 6.54 Å². The van der Waals surface area contributed by atoms with Crippen molar-refractivity contribution in [2.75, 3.05) is 12.8 Å². The van der Waals surface area contributed by atoms with E-state index in [1.54, 1.807) is 24.3 Å². The summed E-state index contributed by atoms with van der Waals surface area (Å²) >= 11 is 0. The zero-order valence-corrected chi connectivity index (χ0v) is 9.84. The largest absolute Gasteiger partial charge is 0.495 e. The quantitative estimate of drug-likeness (QED) is 0.792. The predicted molar refractivity (Wildman–Crippen MR) is 65.1 cm³/mol. The van der Waals surface area contributed by atoms with Crippen molar-refractivity contribution in [3.05, 3.63) is 41.8 Å². The first-order chi connectivity index (χ1) is 8.70. The lowest BCUT2D eigenvalue weighted by atomic mass is 10.1. The number of carbonyl (C=O) groups excluding carboxylic acids is 1. The second kappa shape index (κ2) is 5.22. The molecule has 6 heteroatoms. The minimum absolute atomic E-state index is 0.235. The molecule has 1 amide bonds. The molecule has 0 aliphatic carbocycles. The number of benzene rings is 1. The smallest absolute Gasteiger partial charge is 0.251 e. The number of hydrogen-bond acceptors (Lipinski definition) is 5. The van der Waals surface area contributed by atoms with Gasteiger partial charge in [0.2, 0.25) is 0 Å². The van der Waals surface area contributed by atoms with Crippen LogP contribution in [0.4, 0.5) is 5.69 Å².